The first-order valence-corrected chi connectivity index (χ1v) is 8.23. The Morgan fingerprint density at radius 2 is 1.83 bits per heavy atom. The molecular formula is C16H32N2. The Morgan fingerprint density at radius 1 is 1.06 bits per heavy atom. The van der Waals surface area contributed by atoms with Crippen molar-refractivity contribution in [1.29, 1.82) is 0 Å². The molecule has 1 saturated heterocycles. The van der Waals surface area contributed by atoms with Gasteiger partial charge in [-0.1, -0.05) is 32.1 Å². The van der Waals surface area contributed by atoms with Gasteiger partial charge in [-0.05, 0) is 52.1 Å². The van der Waals surface area contributed by atoms with E-state index in [1.54, 1.807) is 0 Å². The van der Waals surface area contributed by atoms with E-state index in [0.717, 1.165) is 12.0 Å². The molecule has 0 radical (unpaired) electrons. The fraction of sp³-hybridized carbons (Fsp3) is 1.00. The molecular weight excluding hydrogens is 220 g/mol. The fourth-order valence-corrected chi connectivity index (χ4v) is 3.58. The first kappa shape index (κ1) is 14.3. The number of rotatable bonds is 6. The largest absolute Gasteiger partial charge is 0.313 e. The van der Waals surface area contributed by atoms with E-state index in [-0.39, 0.29) is 0 Å². The lowest BCUT2D eigenvalue weighted by Crippen LogP contribution is -2.42. The number of hydrogen-bond donors (Lipinski definition) is 1. The Morgan fingerprint density at radius 3 is 2.44 bits per heavy atom. The average Bonchev–Trinajstić information content (AvgIpc) is 2.88. The molecule has 1 N–H and O–H groups in total. The normalized spacial score (nSPS) is 26.3. The van der Waals surface area contributed by atoms with Crippen LogP contribution < -0.4 is 5.32 Å². The van der Waals surface area contributed by atoms with Crippen LogP contribution in [0.15, 0.2) is 0 Å². The monoisotopic (exact) mass is 252 g/mol. The molecule has 0 bridgehead atoms. The van der Waals surface area contributed by atoms with Gasteiger partial charge in [-0.2, -0.15) is 0 Å². The SMILES string of the molecule is CC(C)N(CCC1CCCCC1)CC1CCCN1. The maximum absolute atomic E-state index is 3.64. The van der Waals surface area contributed by atoms with Crippen molar-refractivity contribution in [2.45, 2.75) is 77.3 Å². The van der Waals surface area contributed by atoms with E-state index < -0.39 is 0 Å². The predicted molar refractivity (Wildman–Crippen MR) is 78.9 cm³/mol. The molecule has 2 heteroatoms. The average molecular weight is 252 g/mol. The quantitative estimate of drug-likeness (QED) is 0.779. The van der Waals surface area contributed by atoms with Gasteiger partial charge >= 0.3 is 0 Å². The van der Waals surface area contributed by atoms with E-state index in [9.17, 15) is 0 Å². The molecule has 106 valence electrons. The third-order valence-corrected chi connectivity index (χ3v) is 4.90. The smallest absolute Gasteiger partial charge is 0.0195 e. The Labute approximate surface area is 114 Å². The molecule has 2 aliphatic rings. The molecule has 0 spiro atoms. The summed E-state index contributed by atoms with van der Waals surface area (Å²) in [6.07, 6.45) is 11.6. The van der Waals surface area contributed by atoms with Crippen molar-refractivity contribution in [3.8, 4) is 0 Å². The van der Waals surface area contributed by atoms with Gasteiger partial charge in [-0.3, -0.25) is 4.90 Å². The molecule has 0 aromatic rings. The van der Waals surface area contributed by atoms with Crippen molar-refractivity contribution >= 4 is 0 Å². The van der Waals surface area contributed by atoms with Crippen LogP contribution in [0.2, 0.25) is 0 Å². The Bertz CT molecular complexity index is 215. The van der Waals surface area contributed by atoms with Crippen LogP contribution in [0.3, 0.4) is 0 Å². The summed E-state index contributed by atoms with van der Waals surface area (Å²) in [5, 5.41) is 3.64. The molecule has 2 fully saturated rings. The van der Waals surface area contributed by atoms with Crippen LogP contribution in [0.25, 0.3) is 0 Å². The summed E-state index contributed by atoms with van der Waals surface area (Å²) < 4.78 is 0. The molecule has 1 aliphatic carbocycles. The summed E-state index contributed by atoms with van der Waals surface area (Å²) >= 11 is 0. The first-order valence-electron chi connectivity index (χ1n) is 8.23. The van der Waals surface area contributed by atoms with Gasteiger partial charge in [-0.15, -0.1) is 0 Å². The summed E-state index contributed by atoms with van der Waals surface area (Å²) in [6, 6.07) is 1.47. The third kappa shape index (κ3) is 4.55. The van der Waals surface area contributed by atoms with Crippen LogP contribution in [-0.4, -0.2) is 36.6 Å². The van der Waals surface area contributed by atoms with E-state index in [1.807, 2.05) is 0 Å². The Hall–Kier alpha value is -0.0800. The Kier molecular flexibility index (Phi) is 5.97. The highest BCUT2D eigenvalue weighted by atomic mass is 15.2. The highest BCUT2D eigenvalue weighted by molar-refractivity contribution is 4.80. The summed E-state index contributed by atoms with van der Waals surface area (Å²) in [5.74, 6) is 1.02. The molecule has 1 aliphatic heterocycles. The molecule has 2 nitrogen and oxygen atoms in total. The van der Waals surface area contributed by atoms with Gasteiger partial charge in [0, 0.05) is 18.6 Å². The lowest BCUT2D eigenvalue weighted by molar-refractivity contribution is 0.179. The molecule has 1 heterocycles. The van der Waals surface area contributed by atoms with Crippen molar-refractivity contribution in [2.24, 2.45) is 5.92 Å². The van der Waals surface area contributed by atoms with Crippen molar-refractivity contribution < 1.29 is 0 Å². The van der Waals surface area contributed by atoms with E-state index >= 15 is 0 Å². The zero-order valence-corrected chi connectivity index (χ0v) is 12.5. The topological polar surface area (TPSA) is 15.3 Å². The molecule has 0 aromatic carbocycles. The minimum atomic E-state index is 0.705. The first-order chi connectivity index (χ1) is 8.75. The van der Waals surface area contributed by atoms with E-state index in [4.69, 9.17) is 0 Å². The highest BCUT2D eigenvalue weighted by Gasteiger charge is 2.21. The van der Waals surface area contributed by atoms with Crippen molar-refractivity contribution in [2.75, 3.05) is 19.6 Å². The molecule has 18 heavy (non-hydrogen) atoms. The molecule has 1 atom stereocenters. The van der Waals surface area contributed by atoms with Crippen LogP contribution in [0.5, 0.6) is 0 Å². The van der Waals surface area contributed by atoms with Crippen LogP contribution >= 0.6 is 0 Å². The predicted octanol–water partition coefficient (Wildman–Crippen LogP) is 3.42. The number of nitrogens with one attached hydrogen (secondary N) is 1. The van der Waals surface area contributed by atoms with Crippen LogP contribution in [0, 0.1) is 5.92 Å². The molecule has 1 saturated carbocycles. The summed E-state index contributed by atoms with van der Waals surface area (Å²) in [6.45, 7) is 8.54. The molecule has 0 aromatic heterocycles. The highest BCUT2D eigenvalue weighted by Crippen LogP contribution is 2.26. The molecule has 1 unspecified atom stereocenters. The number of nitrogens with zero attached hydrogens (tertiary/aromatic N) is 1. The molecule has 0 amide bonds. The summed E-state index contributed by atoms with van der Waals surface area (Å²) in [7, 11) is 0. The molecule has 2 rings (SSSR count). The van der Waals surface area contributed by atoms with Gasteiger partial charge in [0.1, 0.15) is 0 Å². The standard InChI is InChI=1S/C16H32N2/c1-14(2)18(13-16-9-6-11-17-16)12-10-15-7-4-3-5-8-15/h14-17H,3-13H2,1-2H3. The second kappa shape index (κ2) is 7.49. The number of hydrogen-bond acceptors (Lipinski definition) is 2. The van der Waals surface area contributed by atoms with Crippen molar-refractivity contribution in [1.82, 2.24) is 10.2 Å². The maximum atomic E-state index is 3.64. The lowest BCUT2D eigenvalue weighted by Gasteiger charge is -2.31. The van der Waals surface area contributed by atoms with Crippen LogP contribution in [-0.2, 0) is 0 Å². The Balaban J connectivity index is 1.71. The maximum Gasteiger partial charge on any atom is 0.0195 e. The van der Waals surface area contributed by atoms with Gasteiger partial charge in [-0.25, -0.2) is 0 Å². The third-order valence-electron chi connectivity index (χ3n) is 4.90. The van der Waals surface area contributed by atoms with Gasteiger partial charge in [0.05, 0.1) is 0 Å². The van der Waals surface area contributed by atoms with Crippen LogP contribution in [0.4, 0.5) is 0 Å². The second-order valence-electron chi connectivity index (χ2n) is 6.67. The van der Waals surface area contributed by atoms with Gasteiger partial charge in [0.15, 0.2) is 0 Å². The second-order valence-corrected chi connectivity index (χ2v) is 6.67. The van der Waals surface area contributed by atoms with Crippen molar-refractivity contribution in [3.05, 3.63) is 0 Å². The van der Waals surface area contributed by atoms with Crippen LogP contribution in [0.1, 0.15) is 65.2 Å². The van der Waals surface area contributed by atoms with E-state index in [1.165, 1.54) is 71.0 Å². The summed E-state index contributed by atoms with van der Waals surface area (Å²) in [4.78, 5) is 2.71. The zero-order chi connectivity index (χ0) is 12.8. The van der Waals surface area contributed by atoms with E-state index in [0.29, 0.717) is 6.04 Å². The van der Waals surface area contributed by atoms with E-state index in [2.05, 4.69) is 24.1 Å². The van der Waals surface area contributed by atoms with Gasteiger partial charge in [0.25, 0.3) is 0 Å². The fourth-order valence-electron chi connectivity index (χ4n) is 3.58. The minimum Gasteiger partial charge on any atom is -0.313 e. The summed E-state index contributed by atoms with van der Waals surface area (Å²) in [5.41, 5.74) is 0. The van der Waals surface area contributed by atoms with Crippen molar-refractivity contribution in [3.63, 3.8) is 0 Å². The van der Waals surface area contributed by atoms with Gasteiger partial charge < -0.3 is 5.32 Å². The van der Waals surface area contributed by atoms with Gasteiger partial charge in [0.2, 0.25) is 0 Å². The zero-order valence-electron chi connectivity index (χ0n) is 12.5. The lowest BCUT2D eigenvalue weighted by atomic mass is 9.87. The minimum absolute atomic E-state index is 0.705.